The molecule has 102 valence electrons. The fourth-order valence-corrected chi connectivity index (χ4v) is 2.29. The van der Waals surface area contributed by atoms with E-state index in [4.69, 9.17) is 10.5 Å². The van der Waals surface area contributed by atoms with Crippen LogP contribution in [0, 0.1) is 0 Å². The van der Waals surface area contributed by atoms with Gasteiger partial charge in [-0.25, -0.2) is 0 Å². The molecule has 0 atom stereocenters. The summed E-state index contributed by atoms with van der Waals surface area (Å²) in [5, 5.41) is 3.42. The first kappa shape index (κ1) is 12.4. The minimum Gasteiger partial charge on any atom is -0.482 e. The van der Waals surface area contributed by atoms with Crippen molar-refractivity contribution in [1.29, 1.82) is 0 Å². The predicted molar refractivity (Wildman–Crippen MR) is 73.2 cm³/mol. The van der Waals surface area contributed by atoms with Gasteiger partial charge in [0.2, 0.25) is 0 Å². The molecule has 1 aromatic rings. The highest BCUT2D eigenvalue weighted by Gasteiger charge is 2.26. The molecule has 19 heavy (non-hydrogen) atoms. The number of ether oxygens (including phenoxy) is 1. The van der Waals surface area contributed by atoms with Crippen LogP contribution in [0.15, 0.2) is 18.2 Å². The van der Waals surface area contributed by atoms with Crippen LogP contribution in [0.1, 0.15) is 18.4 Å². The zero-order valence-electron chi connectivity index (χ0n) is 10.9. The summed E-state index contributed by atoms with van der Waals surface area (Å²) in [6.45, 7) is 2.09. The maximum absolute atomic E-state index is 12.0. The van der Waals surface area contributed by atoms with Crippen molar-refractivity contribution in [3.05, 3.63) is 23.8 Å². The number of hydrogen-bond acceptors (Lipinski definition) is 4. The minimum absolute atomic E-state index is 0.0132. The SMILES string of the molecule is NCc1ccc2c(c1)N(CCNC1CC1)C(=O)CO2. The van der Waals surface area contributed by atoms with Crippen molar-refractivity contribution in [2.24, 2.45) is 5.73 Å². The number of rotatable bonds is 5. The number of hydrogen-bond donors (Lipinski definition) is 2. The molecule has 0 bridgehead atoms. The summed E-state index contributed by atoms with van der Waals surface area (Å²) in [6, 6.07) is 6.44. The van der Waals surface area contributed by atoms with Gasteiger partial charge in [-0.15, -0.1) is 0 Å². The monoisotopic (exact) mass is 261 g/mol. The molecule has 5 heteroatoms. The van der Waals surface area contributed by atoms with E-state index in [1.165, 1.54) is 12.8 Å². The van der Waals surface area contributed by atoms with E-state index < -0.39 is 0 Å². The van der Waals surface area contributed by atoms with Gasteiger partial charge in [-0.1, -0.05) is 6.07 Å². The van der Waals surface area contributed by atoms with E-state index in [1.54, 1.807) is 4.90 Å². The van der Waals surface area contributed by atoms with Crippen LogP contribution < -0.4 is 20.7 Å². The first-order valence-electron chi connectivity index (χ1n) is 6.77. The smallest absolute Gasteiger partial charge is 0.265 e. The molecule has 1 saturated carbocycles. The highest BCUT2D eigenvalue weighted by atomic mass is 16.5. The van der Waals surface area contributed by atoms with Crippen LogP contribution in [0.5, 0.6) is 5.75 Å². The van der Waals surface area contributed by atoms with Crippen molar-refractivity contribution >= 4 is 11.6 Å². The Morgan fingerprint density at radius 3 is 3.00 bits per heavy atom. The summed E-state index contributed by atoms with van der Waals surface area (Å²) in [5.41, 5.74) is 7.51. The molecule has 1 heterocycles. The van der Waals surface area contributed by atoms with Crippen LogP contribution in [0.3, 0.4) is 0 Å². The first-order chi connectivity index (χ1) is 9.28. The summed E-state index contributed by atoms with van der Waals surface area (Å²) in [6.07, 6.45) is 2.51. The Morgan fingerprint density at radius 2 is 2.26 bits per heavy atom. The van der Waals surface area contributed by atoms with E-state index in [0.717, 1.165) is 23.5 Å². The lowest BCUT2D eigenvalue weighted by Crippen LogP contribution is -2.42. The normalized spacial score (nSPS) is 18.2. The summed E-state index contributed by atoms with van der Waals surface area (Å²) in [7, 11) is 0. The van der Waals surface area contributed by atoms with Crippen molar-refractivity contribution in [1.82, 2.24) is 5.32 Å². The van der Waals surface area contributed by atoms with Gasteiger partial charge in [0.05, 0.1) is 5.69 Å². The molecule has 1 aliphatic heterocycles. The lowest BCUT2D eigenvalue weighted by atomic mass is 10.1. The quantitative estimate of drug-likeness (QED) is 0.815. The molecular formula is C14H19N3O2. The Kier molecular flexibility index (Phi) is 3.40. The summed E-state index contributed by atoms with van der Waals surface area (Å²) < 4.78 is 5.45. The van der Waals surface area contributed by atoms with Gasteiger partial charge in [0, 0.05) is 25.7 Å². The van der Waals surface area contributed by atoms with Gasteiger partial charge in [0.15, 0.2) is 6.61 Å². The van der Waals surface area contributed by atoms with Gasteiger partial charge in [-0.05, 0) is 30.5 Å². The molecular weight excluding hydrogens is 242 g/mol. The lowest BCUT2D eigenvalue weighted by Gasteiger charge is -2.30. The number of carbonyl (C=O) groups is 1. The first-order valence-corrected chi connectivity index (χ1v) is 6.77. The molecule has 0 aromatic heterocycles. The van der Waals surface area contributed by atoms with Crippen LogP contribution in [0.25, 0.3) is 0 Å². The van der Waals surface area contributed by atoms with E-state index in [-0.39, 0.29) is 12.5 Å². The van der Waals surface area contributed by atoms with Crippen molar-refractivity contribution < 1.29 is 9.53 Å². The van der Waals surface area contributed by atoms with Gasteiger partial charge >= 0.3 is 0 Å². The molecule has 1 amide bonds. The number of nitrogens with two attached hydrogens (primary N) is 1. The third-order valence-electron chi connectivity index (χ3n) is 3.55. The molecule has 1 aromatic carbocycles. The minimum atomic E-state index is 0.0132. The van der Waals surface area contributed by atoms with Crippen LogP contribution >= 0.6 is 0 Å². The van der Waals surface area contributed by atoms with E-state index in [2.05, 4.69) is 5.32 Å². The average Bonchev–Trinajstić information content (AvgIpc) is 3.25. The molecule has 5 nitrogen and oxygen atoms in total. The Balaban J connectivity index is 1.75. The standard InChI is InChI=1S/C14H19N3O2/c15-8-10-1-4-13-12(7-10)17(14(18)9-19-13)6-5-16-11-2-3-11/h1,4,7,11,16H,2-3,5-6,8-9,15H2. The molecule has 0 spiro atoms. The number of fused-ring (bicyclic) bond motifs is 1. The fourth-order valence-electron chi connectivity index (χ4n) is 2.29. The number of nitrogens with one attached hydrogen (secondary N) is 1. The number of anilines is 1. The second kappa shape index (κ2) is 5.19. The third-order valence-corrected chi connectivity index (χ3v) is 3.55. The highest BCUT2D eigenvalue weighted by molar-refractivity contribution is 5.97. The predicted octanol–water partition coefficient (Wildman–Crippen LogP) is 0.623. The topological polar surface area (TPSA) is 67.6 Å². The van der Waals surface area contributed by atoms with Crippen molar-refractivity contribution in [2.75, 3.05) is 24.6 Å². The average molecular weight is 261 g/mol. The van der Waals surface area contributed by atoms with E-state index in [1.807, 2.05) is 18.2 Å². The van der Waals surface area contributed by atoms with Gasteiger partial charge in [0.1, 0.15) is 5.75 Å². The van der Waals surface area contributed by atoms with Gasteiger partial charge in [-0.2, -0.15) is 0 Å². The van der Waals surface area contributed by atoms with Crippen LogP contribution in [0.4, 0.5) is 5.69 Å². The van der Waals surface area contributed by atoms with Crippen LogP contribution in [0.2, 0.25) is 0 Å². The summed E-state index contributed by atoms with van der Waals surface area (Å²) >= 11 is 0. The number of nitrogens with zero attached hydrogens (tertiary/aromatic N) is 1. The Labute approximate surface area is 112 Å². The second-order valence-electron chi connectivity index (χ2n) is 5.07. The van der Waals surface area contributed by atoms with E-state index >= 15 is 0 Å². The van der Waals surface area contributed by atoms with Crippen LogP contribution in [-0.4, -0.2) is 31.6 Å². The maximum atomic E-state index is 12.0. The van der Waals surface area contributed by atoms with E-state index in [0.29, 0.717) is 19.1 Å². The third kappa shape index (κ3) is 2.72. The van der Waals surface area contributed by atoms with Crippen LogP contribution in [-0.2, 0) is 11.3 Å². The molecule has 3 N–H and O–H groups in total. The second-order valence-corrected chi connectivity index (χ2v) is 5.07. The largest absolute Gasteiger partial charge is 0.482 e. The Morgan fingerprint density at radius 1 is 1.42 bits per heavy atom. The summed E-state index contributed by atoms with van der Waals surface area (Å²) in [5.74, 6) is 0.780. The zero-order valence-corrected chi connectivity index (χ0v) is 10.9. The fraction of sp³-hybridized carbons (Fsp3) is 0.500. The zero-order chi connectivity index (χ0) is 13.2. The van der Waals surface area contributed by atoms with Gasteiger partial charge < -0.3 is 20.7 Å². The Hall–Kier alpha value is -1.59. The molecule has 2 aliphatic rings. The van der Waals surface area contributed by atoms with Crippen molar-refractivity contribution in [2.45, 2.75) is 25.4 Å². The Bertz CT molecular complexity index is 486. The molecule has 0 unspecified atom stereocenters. The number of carbonyl (C=O) groups excluding carboxylic acids is 1. The molecule has 1 aliphatic carbocycles. The summed E-state index contributed by atoms with van der Waals surface area (Å²) in [4.78, 5) is 13.8. The lowest BCUT2D eigenvalue weighted by molar-refractivity contribution is -0.121. The van der Waals surface area contributed by atoms with Gasteiger partial charge in [0.25, 0.3) is 5.91 Å². The number of amides is 1. The molecule has 0 radical (unpaired) electrons. The van der Waals surface area contributed by atoms with E-state index in [9.17, 15) is 4.79 Å². The number of benzene rings is 1. The molecule has 3 rings (SSSR count). The van der Waals surface area contributed by atoms with Crippen molar-refractivity contribution in [3.63, 3.8) is 0 Å². The molecule has 1 fully saturated rings. The van der Waals surface area contributed by atoms with Gasteiger partial charge in [-0.3, -0.25) is 4.79 Å². The molecule has 0 saturated heterocycles. The highest BCUT2D eigenvalue weighted by Crippen LogP contribution is 2.32. The van der Waals surface area contributed by atoms with Crippen molar-refractivity contribution in [3.8, 4) is 5.75 Å². The maximum Gasteiger partial charge on any atom is 0.265 e.